The Hall–Kier alpha value is -7.23. The van der Waals surface area contributed by atoms with E-state index in [0.29, 0.717) is 135 Å². The van der Waals surface area contributed by atoms with Crippen LogP contribution in [0.5, 0.6) is 34.5 Å². The molecule has 3 N–H and O–H groups in total. The largest absolute Gasteiger partial charge is 0.493 e. The molecule has 25 heteroatoms. The van der Waals surface area contributed by atoms with Gasteiger partial charge in [-0.3, -0.25) is 0 Å². The third kappa shape index (κ3) is 23.8. The van der Waals surface area contributed by atoms with E-state index >= 15 is 0 Å². The summed E-state index contributed by atoms with van der Waals surface area (Å²) in [5.74, 6) is 4.85. The van der Waals surface area contributed by atoms with Crippen molar-refractivity contribution in [3.05, 3.63) is 131 Å². The van der Waals surface area contributed by atoms with Crippen LogP contribution < -0.4 is 38.9 Å². The Morgan fingerprint density at radius 1 is 0.595 bits per heavy atom. The van der Waals surface area contributed by atoms with Crippen molar-refractivity contribution in [1.82, 2.24) is 24.7 Å². The molecule has 2 fully saturated rings. The zero-order valence-electron chi connectivity index (χ0n) is 46.8. The quantitative estimate of drug-likeness (QED) is 0.0393. The van der Waals surface area contributed by atoms with Crippen LogP contribution in [0.15, 0.2) is 97.3 Å². The Labute approximate surface area is 496 Å². The zero-order chi connectivity index (χ0) is 59.5. The van der Waals surface area contributed by atoms with Crippen LogP contribution >= 0.6 is 10.7 Å². The second-order valence-corrected chi connectivity index (χ2v) is 23.5. The van der Waals surface area contributed by atoms with Gasteiger partial charge in [-0.1, -0.05) is 19.6 Å². The number of hydrogen-bond acceptors (Lipinski definition) is 21. The van der Waals surface area contributed by atoms with Crippen molar-refractivity contribution in [3.8, 4) is 69.2 Å². The second kappa shape index (κ2) is 35.2. The van der Waals surface area contributed by atoms with Crippen molar-refractivity contribution in [2.24, 2.45) is 5.73 Å². The molecule has 4 aromatic carbocycles. The lowest BCUT2D eigenvalue weighted by Gasteiger charge is -2.23. The fourth-order valence-corrected chi connectivity index (χ4v) is 8.71. The van der Waals surface area contributed by atoms with Crippen LogP contribution in [0.1, 0.15) is 67.0 Å². The van der Waals surface area contributed by atoms with Crippen LogP contribution in [0.2, 0.25) is 0 Å². The number of rotatable bonds is 26. The molecule has 0 spiro atoms. The number of nitriles is 2. The van der Waals surface area contributed by atoms with Gasteiger partial charge in [-0.2, -0.15) is 10.5 Å². The Kier molecular flexibility index (Phi) is 28.3. The number of hydrogen-bond donors (Lipinski definition) is 2. The van der Waals surface area contributed by atoms with Gasteiger partial charge in [-0.05, 0) is 83.9 Å². The van der Waals surface area contributed by atoms with E-state index in [2.05, 4.69) is 37.5 Å². The highest BCUT2D eigenvalue weighted by Gasteiger charge is 2.20. The van der Waals surface area contributed by atoms with Crippen molar-refractivity contribution >= 4 is 29.8 Å². The number of nitrogens with zero attached hydrogens (tertiary/aromatic N) is 6. The van der Waals surface area contributed by atoms with E-state index in [-0.39, 0.29) is 39.4 Å². The van der Waals surface area contributed by atoms with Crippen LogP contribution in [0.25, 0.3) is 22.5 Å². The first-order valence-electron chi connectivity index (χ1n) is 26.6. The Morgan fingerprint density at radius 3 is 1.40 bits per heavy atom. The van der Waals surface area contributed by atoms with Gasteiger partial charge >= 0.3 is 0 Å². The van der Waals surface area contributed by atoms with Gasteiger partial charge in [0.25, 0.3) is 0 Å². The third-order valence-corrected chi connectivity index (χ3v) is 12.9. The molecular formula is C59H73ClN8O14S2. The van der Waals surface area contributed by atoms with Crippen LogP contribution in [0.4, 0.5) is 0 Å². The van der Waals surface area contributed by atoms with Crippen molar-refractivity contribution in [3.63, 3.8) is 0 Å². The van der Waals surface area contributed by atoms with Gasteiger partial charge in [0.05, 0.1) is 102 Å². The number of halogens is 1. The summed E-state index contributed by atoms with van der Waals surface area (Å²) in [5.41, 5.74) is 11.4. The lowest BCUT2D eigenvalue weighted by atomic mass is 10.1. The molecule has 0 aliphatic carbocycles. The smallest absolute Gasteiger partial charge is 0.229 e. The molecule has 2 aliphatic rings. The average Bonchev–Trinajstić information content (AvgIpc) is 3.40. The molecule has 0 unspecified atom stereocenters. The highest BCUT2D eigenvalue weighted by Crippen LogP contribution is 2.33. The van der Waals surface area contributed by atoms with Crippen molar-refractivity contribution in [2.45, 2.75) is 58.2 Å². The standard InChI is InChI=1S/C29H34N4O7S.C28H32N4O5.CH3ClO2S.CH4/c1-36-28-17-21(3-5-27(28)39-16-15-38-14-11-32-41(2,34)35)18-29-31-10-7-25(33-29)22-4-6-26(23(19-22)20-30)40-24-8-12-37-13-9-24;1-33-27-16-20(2-4-26(27)36-15-14-35-13-9-29)17-28-31-10-6-24(32-28)21-3-5-25(22(18-21)19-30)37-23-7-11-34-12-8-23;1-5(2,3)4;/h3-7,10,17,19,24,32H,8-9,11-16,18H2,1-2H3;2-6,10,16,18,23H,7-9,11-15,17,29H2,1H3;1H3;1H4. The summed E-state index contributed by atoms with van der Waals surface area (Å²) >= 11 is 0. The summed E-state index contributed by atoms with van der Waals surface area (Å²) in [5, 5.41) is 19.4. The highest BCUT2D eigenvalue weighted by molar-refractivity contribution is 8.13. The molecule has 0 bridgehead atoms. The lowest BCUT2D eigenvalue weighted by Crippen LogP contribution is -2.26. The number of methoxy groups -OCH3 is 2. The van der Waals surface area contributed by atoms with Gasteiger partial charge in [0.15, 0.2) is 23.0 Å². The summed E-state index contributed by atoms with van der Waals surface area (Å²) in [6.07, 6.45) is 9.81. The molecule has 22 nitrogen and oxygen atoms in total. The third-order valence-electron chi connectivity index (χ3n) is 12.2. The maximum atomic E-state index is 11.1. The first kappa shape index (κ1) is 67.6. The van der Waals surface area contributed by atoms with E-state index in [1.807, 2.05) is 78.9 Å². The van der Waals surface area contributed by atoms with E-state index in [1.165, 1.54) is 0 Å². The van der Waals surface area contributed by atoms with Gasteiger partial charge < -0.3 is 53.1 Å². The number of sulfonamides is 1. The minimum Gasteiger partial charge on any atom is -0.493 e. The Morgan fingerprint density at radius 2 is 1.01 bits per heavy atom. The molecule has 0 amide bonds. The molecule has 84 heavy (non-hydrogen) atoms. The monoisotopic (exact) mass is 1220 g/mol. The Bertz CT molecular complexity index is 3330. The molecule has 0 radical (unpaired) electrons. The van der Waals surface area contributed by atoms with Crippen LogP contribution in [0.3, 0.4) is 0 Å². The maximum absolute atomic E-state index is 11.1. The molecule has 0 saturated carbocycles. The zero-order valence-corrected chi connectivity index (χ0v) is 49.2. The van der Waals surface area contributed by atoms with E-state index in [4.69, 9.17) is 63.1 Å². The van der Waals surface area contributed by atoms with Gasteiger partial charge in [0, 0.05) is 85.8 Å². The topological polar surface area (TPSA) is 298 Å². The summed E-state index contributed by atoms with van der Waals surface area (Å²) in [4.78, 5) is 18.3. The van der Waals surface area contributed by atoms with Crippen LogP contribution in [-0.4, -0.2) is 155 Å². The number of nitrogens with one attached hydrogen (secondary N) is 1. The first-order valence-corrected chi connectivity index (χ1v) is 31.2. The minimum atomic E-state index is -3.23. The fourth-order valence-electron chi connectivity index (χ4n) is 8.25. The Balaban J connectivity index is 0.000000282. The molecule has 452 valence electrons. The van der Waals surface area contributed by atoms with Crippen molar-refractivity contribution < 1.29 is 64.2 Å². The van der Waals surface area contributed by atoms with Gasteiger partial charge in [0.1, 0.15) is 60.7 Å². The normalized spacial score (nSPS) is 13.5. The van der Waals surface area contributed by atoms with Gasteiger partial charge in [-0.15, -0.1) is 0 Å². The summed E-state index contributed by atoms with van der Waals surface area (Å²) < 4.78 is 99.5. The maximum Gasteiger partial charge on any atom is 0.229 e. The molecule has 0 atom stereocenters. The first-order chi connectivity index (χ1) is 40.0. The number of ether oxygens (including phenoxy) is 10. The number of nitrogens with two attached hydrogens (primary N) is 1. The fraction of sp³-hybridized carbons (Fsp3) is 0.424. The average molecular weight is 1220 g/mol. The predicted molar refractivity (Wildman–Crippen MR) is 317 cm³/mol. The number of benzene rings is 4. The number of aromatic nitrogens is 4. The molecular weight excluding hydrogens is 1140 g/mol. The van der Waals surface area contributed by atoms with E-state index in [9.17, 15) is 27.4 Å². The lowest BCUT2D eigenvalue weighted by molar-refractivity contribution is 0.0252. The van der Waals surface area contributed by atoms with E-state index in [1.54, 1.807) is 32.7 Å². The second-order valence-electron chi connectivity index (χ2n) is 18.6. The molecule has 6 aromatic rings. The molecule has 2 aliphatic heterocycles. The summed E-state index contributed by atoms with van der Waals surface area (Å²) in [6, 6.07) is 30.6. The van der Waals surface area contributed by atoms with E-state index in [0.717, 1.165) is 66.1 Å². The van der Waals surface area contributed by atoms with E-state index < -0.39 is 19.1 Å². The summed E-state index contributed by atoms with van der Waals surface area (Å²) in [6.45, 7) is 5.58. The van der Waals surface area contributed by atoms with Gasteiger partial charge in [0.2, 0.25) is 19.1 Å². The van der Waals surface area contributed by atoms with Crippen molar-refractivity contribution in [1.29, 1.82) is 10.5 Å². The highest BCUT2D eigenvalue weighted by atomic mass is 35.7. The summed E-state index contributed by atoms with van der Waals surface area (Å²) in [7, 11) is 1.26. The SMILES string of the molecule is C.COc1cc(Cc2nccc(-c3ccc(OC4CCOCC4)c(C#N)c3)n2)ccc1OCCOCCN.COc1cc(Cc2nccc(-c3ccc(OC4CCOCC4)c(C#N)c3)n2)ccc1OCCOCCNS(C)(=O)=O.CS(=O)(=O)Cl. The van der Waals surface area contributed by atoms with Crippen LogP contribution in [-0.2, 0) is 50.9 Å². The van der Waals surface area contributed by atoms with Gasteiger partial charge in [-0.25, -0.2) is 41.5 Å². The molecule has 8 rings (SSSR count). The van der Waals surface area contributed by atoms with Crippen LogP contribution in [0, 0.1) is 22.7 Å². The molecule has 2 aromatic heterocycles. The molecule has 2 saturated heterocycles. The van der Waals surface area contributed by atoms with Crippen molar-refractivity contribution in [2.75, 3.05) is 106 Å². The predicted octanol–water partition coefficient (Wildman–Crippen LogP) is 7.46. The minimum absolute atomic E-state index is 0. The molecule has 4 heterocycles.